The van der Waals surface area contributed by atoms with Crippen LogP contribution in [-0.2, 0) is 6.42 Å². The predicted octanol–water partition coefficient (Wildman–Crippen LogP) is 4.32. The maximum atomic E-state index is 13.1. The molecule has 0 spiro atoms. The van der Waals surface area contributed by atoms with Crippen molar-refractivity contribution in [2.75, 3.05) is 13.2 Å². The van der Waals surface area contributed by atoms with Crippen molar-refractivity contribution in [3.8, 4) is 22.6 Å². The van der Waals surface area contributed by atoms with E-state index < -0.39 is 0 Å². The quantitative estimate of drug-likeness (QED) is 0.772. The van der Waals surface area contributed by atoms with E-state index in [1.165, 1.54) is 6.26 Å². The monoisotopic (exact) mass is 346 g/mol. The van der Waals surface area contributed by atoms with Crippen LogP contribution in [0.25, 0.3) is 17.2 Å². The molecule has 0 saturated heterocycles. The number of fused-ring (bicyclic) bond motifs is 2. The van der Waals surface area contributed by atoms with Gasteiger partial charge in [-0.15, -0.1) is 0 Å². The Bertz CT molecular complexity index is 1010. The average molecular weight is 346 g/mol. The number of hydrogen-bond acceptors (Lipinski definition) is 4. The predicted molar refractivity (Wildman–Crippen MR) is 102 cm³/mol. The zero-order chi connectivity index (χ0) is 17.9. The molecule has 4 heteroatoms. The van der Waals surface area contributed by atoms with Gasteiger partial charge in [-0.2, -0.15) is 0 Å². The fourth-order valence-corrected chi connectivity index (χ4v) is 2.95. The summed E-state index contributed by atoms with van der Waals surface area (Å²) in [6, 6.07) is 5.50. The van der Waals surface area contributed by atoms with Gasteiger partial charge in [-0.3, -0.25) is 4.79 Å². The first-order valence-electron chi connectivity index (χ1n) is 8.47. The molecule has 0 N–H and O–H groups in total. The third kappa shape index (κ3) is 3.14. The highest BCUT2D eigenvalue weighted by atomic mass is 16.6. The van der Waals surface area contributed by atoms with Crippen molar-refractivity contribution in [3.05, 3.63) is 88.5 Å². The lowest BCUT2D eigenvalue weighted by Crippen LogP contribution is -2.16. The van der Waals surface area contributed by atoms with E-state index in [9.17, 15) is 4.79 Å². The molecule has 1 aromatic heterocycles. The number of benzene rings is 1. The first-order chi connectivity index (χ1) is 12.7. The summed E-state index contributed by atoms with van der Waals surface area (Å²) in [5.41, 5.74) is 2.66. The van der Waals surface area contributed by atoms with Gasteiger partial charge in [0.1, 0.15) is 25.2 Å². The van der Waals surface area contributed by atoms with Crippen LogP contribution in [-0.4, -0.2) is 13.2 Å². The molecule has 1 aliphatic heterocycles. The molecule has 0 amide bonds. The molecule has 4 nitrogen and oxygen atoms in total. The molecule has 0 atom stereocenters. The molecular formula is C22H18O4. The molecule has 2 heterocycles. The molecule has 1 aliphatic carbocycles. The molecule has 0 saturated carbocycles. The number of ether oxygens (including phenoxy) is 2. The zero-order valence-corrected chi connectivity index (χ0v) is 14.2. The first kappa shape index (κ1) is 16.2. The van der Waals surface area contributed by atoms with Crippen LogP contribution in [0.15, 0.2) is 76.2 Å². The van der Waals surface area contributed by atoms with Crippen LogP contribution in [0.5, 0.6) is 11.5 Å². The van der Waals surface area contributed by atoms with Crippen LogP contribution >= 0.6 is 0 Å². The summed E-state index contributed by atoms with van der Waals surface area (Å²) in [5, 5.41) is 0. The van der Waals surface area contributed by atoms with E-state index in [1.807, 2.05) is 48.6 Å². The van der Waals surface area contributed by atoms with Crippen LogP contribution in [0.2, 0.25) is 0 Å². The van der Waals surface area contributed by atoms with Crippen LogP contribution in [0.3, 0.4) is 0 Å². The maximum Gasteiger partial charge on any atom is 0.196 e. The average Bonchev–Trinajstić information content (AvgIpc) is 2.67. The van der Waals surface area contributed by atoms with E-state index in [4.69, 9.17) is 13.9 Å². The highest BCUT2D eigenvalue weighted by Crippen LogP contribution is 2.34. The molecule has 2 aromatic rings. The second-order valence-electron chi connectivity index (χ2n) is 6.08. The standard InChI is InChI=1S/C22H18O4/c1-15-5-3-2-4-6-17-19(9-7-15)26-14-18(22(17)23)16-8-10-20-21(13-16)25-12-11-24-20/h2-5,7-10,13-14H,1,6,11-12H2/b4-2-,5-3-,9-7-. The number of rotatable bonds is 1. The fraction of sp³-hybridized carbons (Fsp3) is 0.136. The molecule has 0 fully saturated rings. The van der Waals surface area contributed by atoms with Crippen LogP contribution in [0.1, 0.15) is 11.3 Å². The van der Waals surface area contributed by atoms with Crippen molar-refractivity contribution in [2.24, 2.45) is 0 Å². The van der Waals surface area contributed by atoms with Crippen molar-refractivity contribution >= 4 is 6.08 Å². The van der Waals surface area contributed by atoms with Crippen molar-refractivity contribution < 1.29 is 13.9 Å². The Morgan fingerprint density at radius 2 is 1.81 bits per heavy atom. The third-order valence-corrected chi connectivity index (χ3v) is 4.30. The van der Waals surface area contributed by atoms with Crippen molar-refractivity contribution in [2.45, 2.75) is 6.42 Å². The van der Waals surface area contributed by atoms with E-state index in [0.29, 0.717) is 48.0 Å². The van der Waals surface area contributed by atoms with Crippen LogP contribution < -0.4 is 14.9 Å². The lowest BCUT2D eigenvalue weighted by atomic mass is 10.0. The maximum absolute atomic E-state index is 13.1. The molecule has 0 bridgehead atoms. The third-order valence-electron chi connectivity index (χ3n) is 4.30. The Labute approximate surface area is 151 Å². The Kier molecular flexibility index (Phi) is 4.32. The number of allylic oxidation sites excluding steroid dienone is 6. The van der Waals surface area contributed by atoms with Gasteiger partial charge in [-0.05, 0) is 35.8 Å². The first-order valence-corrected chi connectivity index (χ1v) is 8.47. The van der Waals surface area contributed by atoms with E-state index in [2.05, 4.69) is 6.58 Å². The summed E-state index contributed by atoms with van der Waals surface area (Å²) < 4.78 is 16.9. The molecule has 2 aliphatic rings. The second-order valence-corrected chi connectivity index (χ2v) is 6.08. The molecule has 0 unspecified atom stereocenters. The molecule has 0 radical (unpaired) electrons. The summed E-state index contributed by atoms with van der Waals surface area (Å²) in [5.74, 6) is 1.89. The van der Waals surface area contributed by atoms with Crippen LogP contribution in [0.4, 0.5) is 0 Å². The van der Waals surface area contributed by atoms with Gasteiger partial charge in [0.2, 0.25) is 0 Å². The Balaban J connectivity index is 1.80. The van der Waals surface area contributed by atoms with Gasteiger partial charge in [-0.1, -0.05) is 43.0 Å². The van der Waals surface area contributed by atoms with E-state index in [0.717, 1.165) is 11.1 Å². The van der Waals surface area contributed by atoms with Crippen molar-refractivity contribution in [1.29, 1.82) is 0 Å². The molecule has 26 heavy (non-hydrogen) atoms. The van der Waals surface area contributed by atoms with Gasteiger partial charge < -0.3 is 13.9 Å². The van der Waals surface area contributed by atoms with Gasteiger partial charge in [0.05, 0.1) is 5.56 Å². The van der Waals surface area contributed by atoms with Gasteiger partial charge in [0.25, 0.3) is 0 Å². The highest BCUT2D eigenvalue weighted by Gasteiger charge is 2.17. The van der Waals surface area contributed by atoms with E-state index in [-0.39, 0.29) is 5.43 Å². The smallest absolute Gasteiger partial charge is 0.196 e. The lowest BCUT2D eigenvalue weighted by molar-refractivity contribution is 0.171. The minimum Gasteiger partial charge on any atom is -0.486 e. The SMILES string of the molecule is C=C1/C=C\C=C/Cc2c(occ(-c3ccc4c(c3)OCCO4)c2=O)/C=C\1. The minimum absolute atomic E-state index is 0.0487. The Morgan fingerprint density at radius 3 is 2.69 bits per heavy atom. The van der Waals surface area contributed by atoms with Crippen molar-refractivity contribution in [1.82, 2.24) is 0 Å². The van der Waals surface area contributed by atoms with Gasteiger partial charge in [-0.25, -0.2) is 0 Å². The summed E-state index contributed by atoms with van der Waals surface area (Å²) in [6.45, 7) is 4.97. The zero-order valence-electron chi connectivity index (χ0n) is 14.2. The van der Waals surface area contributed by atoms with E-state index in [1.54, 1.807) is 6.08 Å². The molecule has 4 rings (SSSR count). The molecule has 1 aromatic carbocycles. The van der Waals surface area contributed by atoms with Gasteiger partial charge >= 0.3 is 0 Å². The summed E-state index contributed by atoms with van der Waals surface area (Å²) in [4.78, 5) is 13.1. The van der Waals surface area contributed by atoms with Crippen LogP contribution in [0, 0.1) is 0 Å². The largest absolute Gasteiger partial charge is 0.486 e. The highest BCUT2D eigenvalue weighted by molar-refractivity contribution is 5.68. The molecule has 130 valence electrons. The topological polar surface area (TPSA) is 48.7 Å². The normalized spacial score (nSPS) is 19.3. The summed E-state index contributed by atoms with van der Waals surface area (Å²) in [7, 11) is 0. The molecular weight excluding hydrogens is 328 g/mol. The Morgan fingerprint density at radius 1 is 0.962 bits per heavy atom. The lowest BCUT2D eigenvalue weighted by Gasteiger charge is -2.18. The minimum atomic E-state index is -0.0487. The van der Waals surface area contributed by atoms with E-state index >= 15 is 0 Å². The second kappa shape index (κ2) is 6.92. The Hall–Kier alpha value is -3.27. The van der Waals surface area contributed by atoms with Crippen molar-refractivity contribution in [3.63, 3.8) is 0 Å². The van der Waals surface area contributed by atoms with Gasteiger partial charge in [0, 0.05) is 5.56 Å². The fourth-order valence-electron chi connectivity index (χ4n) is 2.95. The summed E-state index contributed by atoms with van der Waals surface area (Å²) >= 11 is 0. The van der Waals surface area contributed by atoms with Gasteiger partial charge in [0.15, 0.2) is 16.9 Å². The number of hydrogen-bond donors (Lipinski definition) is 0. The summed E-state index contributed by atoms with van der Waals surface area (Å²) in [6.07, 6.45) is 13.3.